The summed E-state index contributed by atoms with van der Waals surface area (Å²) in [6.07, 6.45) is 0. The zero-order valence-electron chi connectivity index (χ0n) is 6.03. The van der Waals surface area contributed by atoms with Crippen LogP contribution in [-0.4, -0.2) is 16.9 Å². The molecule has 0 aromatic heterocycles. The summed E-state index contributed by atoms with van der Waals surface area (Å²) in [6, 6.07) is 7.76. The summed E-state index contributed by atoms with van der Waals surface area (Å²) in [5.74, 6) is 0.849. The van der Waals surface area contributed by atoms with Crippen LogP contribution in [0.2, 0.25) is 0 Å². The zero-order valence-corrected chi connectivity index (χ0v) is 6.03. The zero-order chi connectivity index (χ0) is 7.68. The third-order valence-electron chi connectivity index (χ3n) is 1.70. The molecule has 2 rings (SSSR count). The van der Waals surface area contributed by atoms with Gasteiger partial charge in [-0.05, 0) is 6.07 Å². The maximum absolute atomic E-state index is 8.74. The van der Waals surface area contributed by atoms with Gasteiger partial charge in [-0.3, -0.25) is 0 Å². The van der Waals surface area contributed by atoms with Gasteiger partial charge in [-0.2, -0.15) is 0 Å². The topological polar surface area (TPSA) is 32.7 Å². The summed E-state index contributed by atoms with van der Waals surface area (Å²) in [5, 5.41) is 10.2. The van der Waals surface area contributed by atoms with Crippen LogP contribution < -0.4 is 4.84 Å². The average molecular weight is 151 g/mol. The van der Waals surface area contributed by atoms with Crippen LogP contribution in [0.3, 0.4) is 0 Å². The van der Waals surface area contributed by atoms with Gasteiger partial charge < -0.3 is 9.94 Å². The van der Waals surface area contributed by atoms with Crippen LogP contribution in [0.4, 0.5) is 0 Å². The molecule has 0 atom stereocenters. The van der Waals surface area contributed by atoms with Crippen molar-refractivity contribution in [1.29, 1.82) is 0 Å². The molecule has 3 heteroatoms. The monoisotopic (exact) mass is 151 g/mol. The van der Waals surface area contributed by atoms with E-state index in [0.717, 1.165) is 11.3 Å². The van der Waals surface area contributed by atoms with E-state index in [-0.39, 0.29) is 6.73 Å². The normalized spacial score (nSPS) is 16.1. The number of hydrogen-bond acceptors (Lipinski definition) is 3. The molecule has 1 aliphatic heterocycles. The molecule has 1 heterocycles. The van der Waals surface area contributed by atoms with Gasteiger partial charge in [0.2, 0.25) is 0 Å². The van der Waals surface area contributed by atoms with Crippen molar-refractivity contribution in [1.82, 2.24) is 5.06 Å². The molecule has 3 nitrogen and oxygen atoms in total. The number of hydroxylamine groups is 2. The second-order valence-corrected chi connectivity index (χ2v) is 2.48. The summed E-state index contributed by atoms with van der Waals surface area (Å²) < 4.78 is 0. The Morgan fingerprint density at radius 2 is 2.27 bits per heavy atom. The highest BCUT2D eigenvalue weighted by atomic mass is 16.7. The SMILES string of the molecule is OCN1Cc2ccccc2O1. The Morgan fingerprint density at radius 3 is 3.00 bits per heavy atom. The van der Waals surface area contributed by atoms with E-state index in [2.05, 4.69) is 0 Å². The average Bonchev–Trinajstić information content (AvgIpc) is 2.46. The lowest BCUT2D eigenvalue weighted by Crippen LogP contribution is -2.21. The van der Waals surface area contributed by atoms with Gasteiger partial charge in [-0.1, -0.05) is 18.2 Å². The predicted octanol–water partition coefficient (Wildman–Crippen LogP) is 0.746. The molecule has 0 unspecified atom stereocenters. The van der Waals surface area contributed by atoms with Crippen molar-refractivity contribution in [3.05, 3.63) is 29.8 Å². The molecule has 0 fully saturated rings. The molecule has 0 radical (unpaired) electrons. The van der Waals surface area contributed by atoms with E-state index in [9.17, 15) is 0 Å². The van der Waals surface area contributed by atoms with Crippen LogP contribution in [0.15, 0.2) is 24.3 Å². The van der Waals surface area contributed by atoms with Gasteiger partial charge in [-0.25, -0.2) is 0 Å². The number of fused-ring (bicyclic) bond motifs is 1. The predicted molar refractivity (Wildman–Crippen MR) is 39.7 cm³/mol. The van der Waals surface area contributed by atoms with E-state index in [1.807, 2.05) is 24.3 Å². The first-order chi connectivity index (χ1) is 5.40. The van der Waals surface area contributed by atoms with Crippen molar-refractivity contribution in [2.24, 2.45) is 0 Å². The second-order valence-electron chi connectivity index (χ2n) is 2.48. The van der Waals surface area contributed by atoms with Crippen LogP contribution in [0.1, 0.15) is 5.56 Å². The maximum Gasteiger partial charge on any atom is 0.152 e. The molecular weight excluding hydrogens is 142 g/mol. The number of aliphatic hydroxyl groups is 1. The third kappa shape index (κ3) is 1.08. The fourth-order valence-electron chi connectivity index (χ4n) is 1.16. The Balaban J connectivity index is 2.27. The van der Waals surface area contributed by atoms with Crippen LogP contribution in [-0.2, 0) is 6.54 Å². The van der Waals surface area contributed by atoms with E-state index < -0.39 is 0 Å². The highest BCUT2D eigenvalue weighted by Crippen LogP contribution is 2.26. The van der Waals surface area contributed by atoms with E-state index in [1.54, 1.807) is 0 Å². The summed E-state index contributed by atoms with van der Waals surface area (Å²) in [7, 11) is 0. The second kappa shape index (κ2) is 2.53. The highest BCUT2D eigenvalue weighted by Gasteiger charge is 2.18. The van der Waals surface area contributed by atoms with Crippen LogP contribution in [0, 0.1) is 0 Å². The molecule has 11 heavy (non-hydrogen) atoms. The maximum atomic E-state index is 8.74. The summed E-state index contributed by atoms with van der Waals surface area (Å²) >= 11 is 0. The minimum Gasteiger partial charge on any atom is -0.403 e. The van der Waals surface area contributed by atoms with Crippen LogP contribution in [0.25, 0.3) is 0 Å². The first-order valence-electron chi connectivity index (χ1n) is 3.52. The van der Waals surface area contributed by atoms with E-state index in [0.29, 0.717) is 6.54 Å². The molecule has 0 bridgehead atoms. The number of para-hydroxylation sites is 1. The molecule has 0 saturated heterocycles. The van der Waals surface area contributed by atoms with Crippen molar-refractivity contribution in [3.63, 3.8) is 0 Å². The Bertz CT molecular complexity index is 237. The molecule has 0 aliphatic carbocycles. The highest BCUT2D eigenvalue weighted by molar-refractivity contribution is 5.34. The van der Waals surface area contributed by atoms with Crippen molar-refractivity contribution in [2.75, 3.05) is 6.73 Å². The van der Waals surface area contributed by atoms with Crippen molar-refractivity contribution in [2.45, 2.75) is 6.54 Å². The number of rotatable bonds is 1. The van der Waals surface area contributed by atoms with Gasteiger partial charge in [0.25, 0.3) is 0 Å². The molecule has 0 spiro atoms. The van der Waals surface area contributed by atoms with Gasteiger partial charge in [0, 0.05) is 5.56 Å². The number of hydrogen-bond donors (Lipinski definition) is 1. The van der Waals surface area contributed by atoms with Gasteiger partial charge >= 0.3 is 0 Å². The Labute approximate surface area is 64.8 Å². The Kier molecular flexibility index (Phi) is 1.52. The molecule has 1 aliphatic rings. The third-order valence-corrected chi connectivity index (χ3v) is 1.70. The fourth-order valence-corrected chi connectivity index (χ4v) is 1.16. The van der Waals surface area contributed by atoms with Gasteiger partial charge in [0.05, 0.1) is 6.54 Å². The first kappa shape index (κ1) is 6.64. The lowest BCUT2D eigenvalue weighted by atomic mass is 10.2. The Morgan fingerprint density at radius 1 is 1.45 bits per heavy atom. The number of aliphatic hydroxyl groups excluding tert-OH is 1. The van der Waals surface area contributed by atoms with E-state index in [1.165, 1.54) is 5.06 Å². The summed E-state index contributed by atoms with van der Waals surface area (Å²) in [4.78, 5) is 5.24. The van der Waals surface area contributed by atoms with Crippen LogP contribution in [0.5, 0.6) is 5.75 Å². The van der Waals surface area contributed by atoms with Crippen molar-refractivity contribution < 1.29 is 9.94 Å². The molecule has 0 saturated carbocycles. The first-order valence-corrected chi connectivity index (χ1v) is 3.52. The lowest BCUT2D eigenvalue weighted by molar-refractivity contribution is -0.102. The van der Waals surface area contributed by atoms with Gasteiger partial charge in [0.15, 0.2) is 5.75 Å². The van der Waals surface area contributed by atoms with Gasteiger partial charge in [-0.15, -0.1) is 5.06 Å². The number of nitrogens with zero attached hydrogens (tertiary/aromatic N) is 1. The van der Waals surface area contributed by atoms with E-state index in [4.69, 9.17) is 9.94 Å². The van der Waals surface area contributed by atoms with E-state index >= 15 is 0 Å². The minimum atomic E-state index is -0.0608. The fraction of sp³-hybridized carbons (Fsp3) is 0.250. The molecule has 1 aromatic carbocycles. The largest absolute Gasteiger partial charge is 0.403 e. The standard InChI is InChI=1S/C8H9NO2/c10-6-9-5-7-3-1-2-4-8(7)11-9/h1-4,10H,5-6H2. The lowest BCUT2D eigenvalue weighted by Gasteiger charge is -2.08. The number of benzene rings is 1. The molecule has 0 amide bonds. The smallest absolute Gasteiger partial charge is 0.152 e. The van der Waals surface area contributed by atoms with Crippen LogP contribution >= 0.6 is 0 Å². The van der Waals surface area contributed by atoms with Crippen molar-refractivity contribution >= 4 is 0 Å². The minimum absolute atomic E-state index is 0.0608. The summed E-state index contributed by atoms with van der Waals surface area (Å²) in [6.45, 7) is 0.612. The molecule has 1 aromatic rings. The summed E-state index contributed by atoms with van der Waals surface area (Å²) in [5.41, 5.74) is 1.13. The molecule has 1 N–H and O–H groups in total. The Hall–Kier alpha value is -1.06. The molecule has 58 valence electrons. The van der Waals surface area contributed by atoms with Gasteiger partial charge in [0.1, 0.15) is 6.73 Å². The van der Waals surface area contributed by atoms with Crippen molar-refractivity contribution in [3.8, 4) is 5.75 Å². The quantitative estimate of drug-likeness (QED) is 0.642. The molecular formula is C8H9NO2.